The van der Waals surface area contributed by atoms with Gasteiger partial charge >= 0.3 is 0 Å². The Morgan fingerprint density at radius 3 is 2.56 bits per heavy atom. The predicted molar refractivity (Wildman–Crippen MR) is 158 cm³/mol. The fraction of sp³-hybridized carbons (Fsp3) is 0.296. The number of benzene rings is 1. The molecule has 5 rings (SSSR count). The summed E-state index contributed by atoms with van der Waals surface area (Å²) in [5.74, 6) is -4.37. The van der Waals surface area contributed by atoms with Crippen molar-refractivity contribution in [3.05, 3.63) is 62.4 Å². The van der Waals surface area contributed by atoms with Crippen LogP contribution in [0, 0.1) is 11.8 Å². The van der Waals surface area contributed by atoms with Gasteiger partial charge in [-0.3, -0.25) is 14.4 Å². The molecule has 2 amide bonds. The number of carbonyl (C=O) groups excluding carboxylic acids is 2. The maximum atomic E-state index is 15.3. The number of likely N-dealkylation sites (N-methyl/N-ethyl adjacent to an activating group) is 1. The minimum atomic E-state index is -1.12. The van der Waals surface area contributed by atoms with Crippen LogP contribution >= 0.6 is 23.2 Å². The van der Waals surface area contributed by atoms with Crippen molar-refractivity contribution in [2.24, 2.45) is 12.8 Å². The lowest BCUT2D eigenvalue weighted by molar-refractivity contribution is -0.116. The van der Waals surface area contributed by atoms with Gasteiger partial charge in [0.1, 0.15) is 33.8 Å². The van der Waals surface area contributed by atoms with Crippen LogP contribution in [0.25, 0.3) is 22.2 Å². The summed E-state index contributed by atoms with van der Waals surface area (Å²) in [6.07, 6.45) is 2.50. The average Bonchev–Trinajstić information content (AvgIpc) is 3.30. The molecule has 1 fully saturated rings. The Hall–Kier alpha value is -4.27. The largest absolute Gasteiger partial charge is 0.505 e. The molecule has 226 valence electrons. The number of amides is 2. The first kappa shape index (κ1) is 30.2. The van der Waals surface area contributed by atoms with E-state index in [1.807, 2.05) is 18.9 Å². The Kier molecular flexibility index (Phi) is 8.03. The number of anilines is 2. The molecule has 0 unspecified atom stereocenters. The quantitative estimate of drug-likeness (QED) is 0.274. The van der Waals surface area contributed by atoms with E-state index in [1.54, 1.807) is 0 Å². The van der Waals surface area contributed by atoms with Crippen LogP contribution in [0.3, 0.4) is 0 Å². The maximum Gasteiger partial charge on any atom is 0.263 e. The zero-order valence-electron chi connectivity index (χ0n) is 23.2. The number of nitrogens with two attached hydrogens (primary N) is 1. The zero-order valence-corrected chi connectivity index (χ0v) is 24.7. The summed E-state index contributed by atoms with van der Waals surface area (Å²) < 4.78 is 32.5. The van der Waals surface area contributed by atoms with Gasteiger partial charge in [0.25, 0.3) is 11.5 Å². The third-order valence-corrected chi connectivity index (χ3v) is 7.99. The van der Waals surface area contributed by atoms with E-state index >= 15 is 4.39 Å². The number of aromatic nitrogens is 4. The molecule has 12 nitrogen and oxygen atoms in total. The number of halogens is 4. The second-order valence-corrected chi connectivity index (χ2v) is 11.1. The summed E-state index contributed by atoms with van der Waals surface area (Å²) in [4.78, 5) is 50.5. The highest BCUT2D eigenvalue weighted by Crippen LogP contribution is 2.39. The van der Waals surface area contributed by atoms with Gasteiger partial charge in [0, 0.05) is 56.1 Å². The van der Waals surface area contributed by atoms with Crippen molar-refractivity contribution in [2.45, 2.75) is 19.5 Å². The molecule has 0 bridgehead atoms. The number of nitrogens with zero attached hydrogens (tertiary/aromatic N) is 6. The van der Waals surface area contributed by atoms with Gasteiger partial charge in [-0.15, -0.1) is 0 Å². The number of piperazine rings is 1. The summed E-state index contributed by atoms with van der Waals surface area (Å²) in [7, 11) is 3.41. The first-order valence-electron chi connectivity index (χ1n) is 12.9. The van der Waals surface area contributed by atoms with E-state index in [0.29, 0.717) is 12.4 Å². The number of aromatic hydroxyl groups is 1. The van der Waals surface area contributed by atoms with Crippen molar-refractivity contribution in [2.75, 3.05) is 36.9 Å². The summed E-state index contributed by atoms with van der Waals surface area (Å²) in [6, 6.07) is 2.47. The second-order valence-electron chi connectivity index (χ2n) is 10.3. The van der Waals surface area contributed by atoms with E-state index in [-0.39, 0.29) is 38.9 Å². The van der Waals surface area contributed by atoms with Crippen molar-refractivity contribution < 1.29 is 23.5 Å². The van der Waals surface area contributed by atoms with Gasteiger partial charge < -0.3 is 35.1 Å². The van der Waals surface area contributed by atoms with Gasteiger partial charge in [-0.05, 0) is 20.0 Å². The van der Waals surface area contributed by atoms with Crippen LogP contribution in [-0.2, 0) is 18.4 Å². The lowest BCUT2D eigenvalue weighted by Crippen LogP contribution is -2.50. The van der Waals surface area contributed by atoms with Crippen LogP contribution in [0.1, 0.15) is 17.3 Å². The average molecular weight is 635 g/mol. The van der Waals surface area contributed by atoms with Crippen molar-refractivity contribution >= 4 is 57.6 Å². The third-order valence-electron chi connectivity index (χ3n) is 7.29. The van der Waals surface area contributed by atoms with Gasteiger partial charge in [0.2, 0.25) is 11.9 Å². The van der Waals surface area contributed by atoms with Crippen LogP contribution in [-0.4, -0.2) is 73.6 Å². The normalized spacial score (nSPS) is 15.7. The van der Waals surface area contributed by atoms with Crippen molar-refractivity contribution in [1.82, 2.24) is 24.0 Å². The molecule has 16 heteroatoms. The minimum absolute atomic E-state index is 0.0106. The highest BCUT2D eigenvalue weighted by molar-refractivity contribution is 6.34. The molecular formula is C27H26Cl2F2N8O4. The highest BCUT2D eigenvalue weighted by atomic mass is 35.5. The third kappa shape index (κ3) is 5.48. The van der Waals surface area contributed by atoms with Gasteiger partial charge in [0.05, 0.1) is 23.0 Å². The lowest BCUT2D eigenvalue weighted by Gasteiger charge is -2.39. The van der Waals surface area contributed by atoms with Crippen LogP contribution in [0.15, 0.2) is 29.5 Å². The number of hydrogen-bond acceptors (Lipinski definition) is 8. The molecule has 3 aromatic heterocycles. The molecule has 43 heavy (non-hydrogen) atoms. The van der Waals surface area contributed by atoms with Gasteiger partial charge in [0.15, 0.2) is 5.82 Å². The summed E-state index contributed by atoms with van der Waals surface area (Å²) in [6.45, 7) is 3.59. The number of carbonyl (C=O) groups is 2. The molecule has 0 radical (unpaired) electrons. The second kappa shape index (κ2) is 11.4. The SMILES string of the molecule is C[C@H]1CN(C)CCN1c1cc(NC(=O)Cn2cc(-c3cc(C(N)=O)c(O)c(Cl)c3F)c3c(=O)n(C)cnc32)c(Cl)c(F)n1. The molecule has 4 N–H and O–H groups in total. The first-order chi connectivity index (χ1) is 20.3. The zero-order chi connectivity index (χ0) is 31.3. The predicted octanol–water partition coefficient (Wildman–Crippen LogP) is 2.97. The van der Waals surface area contributed by atoms with E-state index in [9.17, 15) is 23.9 Å². The molecule has 4 aromatic rings. The molecule has 1 saturated heterocycles. The Labute approximate surface area is 253 Å². The summed E-state index contributed by atoms with van der Waals surface area (Å²) >= 11 is 12.1. The number of rotatable bonds is 6. The van der Waals surface area contributed by atoms with Gasteiger partial charge in [-0.1, -0.05) is 23.2 Å². The number of hydrogen-bond donors (Lipinski definition) is 3. The fourth-order valence-corrected chi connectivity index (χ4v) is 5.49. The molecule has 0 spiro atoms. The van der Waals surface area contributed by atoms with Crippen LogP contribution in [0.2, 0.25) is 10.0 Å². The van der Waals surface area contributed by atoms with Gasteiger partial charge in [-0.2, -0.15) is 4.39 Å². The molecule has 0 saturated carbocycles. The van der Waals surface area contributed by atoms with E-state index in [4.69, 9.17) is 28.9 Å². The van der Waals surface area contributed by atoms with Crippen molar-refractivity contribution in [1.29, 1.82) is 0 Å². The Balaban J connectivity index is 1.53. The molecule has 4 heterocycles. The molecular weight excluding hydrogens is 609 g/mol. The maximum absolute atomic E-state index is 15.3. The van der Waals surface area contributed by atoms with E-state index in [0.717, 1.165) is 23.7 Å². The standard InChI is InChI=1S/C27H26Cl2F2N8O4/c1-12-8-36(2)4-5-39(12)17-7-16(20(28)24(31)35-17)34-18(40)10-38-9-15(19-26(38)33-11-37(3)27(19)43)13-6-14(25(32)42)23(41)21(29)22(13)30/h6-7,9,11-12,41H,4-5,8,10H2,1-3H3,(H2,32,42)(H,34,35,40)/t12-/m0/s1. The Morgan fingerprint density at radius 1 is 1.16 bits per heavy atom. The number of fused-ring (bicyclic) bond motifs is 1. The van der Waals surface area contributed by atoms with Crippen molar-refractivity contribution in [3.63, 3.8) is 0 Å². The van der Waals surface area contributed by atoms with Crippen molar-refractivity contribution in [3.8, 4) is 16.9 Å². The van der Waals surface area contributed by atoms with Crippen LogP contribution < -0.4 is 21.5 Å². The van der Waals surface area contributed by atoms with E-state index in [2.05, 4.69) is 20.2 Å². The van der Waals surface area contributed by atoms with Crippen LogP contribution in [0.4, 0.5) is 20.3 Å². The van der Waals surface area contributed by atoms with Gasteiger partial charge in [-0.25, -0.2) is 14.4 Å². The number of aryl methyl sites for hydroxylation is 1. The number of nitrogens with one attached hydrogen (secondary N) is 1. The molecule has 1 aromatic carbocycles. The number of primary amides is 1. The molecule has 1 atom stereocenters. The first-order valence-corrected chi connectivity index (χ1v) is 13.7. The van der Waals surface area contributed by atoms with E-state index < -0.39 is 52.0 Å². The monoisotopic (exact) mass is 634 g/mol. The topological polar surface area (TPSA) is 152 Å². The fourth-order valence-electron chi connectivity index (χ4n) is 5.14. The molecule has 1 aliphatic rings. The Morgan fingerprint density at radius 2 is 1.88 bits per heavy atom. The lowest BCUT2D eigenvalue weighted by atomic mass is 10.0. The smallest absolute Gasteiger partial charge is 0.263 e. The molecule has 1 aliphatic heterocycles. The van der Waals surface area contributed by atoms with E-state index in [1.165, 1.54) is 30.2 Å². The number of phenols is 1. The number of pyridine rings is 1. The molecule has 0 aliphatic carbocycles. The Bertz CT molecular complexity index is 1860. The summed E-state index contributed by atoms with van der Waals surface area (Å²) in [5, 5.41) is 11.4. The highest BCUT2D eigenvalue weighted by Gasteiger charge is 2.27. The summed E-state index contributed by atoms with van der Waals surface area (Å²) in [5.41, 5.74) is 3.88. The van der Waals surface area contributed by atoms with Crippen LogP contribution in [0.5, 0.6) is 5.75 Å². The minimum Gasteiger partial charge on any atom is -0.505 e.